The van der Waals surface area contributed by atoms with Crippen molar-refractivity contribution in [3.05, 3.63) is 47.8 Å². The molecule has 0 amide bonds. The number of nitrogens with zero attached hydrogens (tertiary/aromatic N) is 2. The molecule has 2 aliphatic rings. The Morgan fingerprint density at radius 1 is 1.17 bits per heavy atom. The third-order valence-electron chi connectivity index (χ3n) is 6.03. The number of benzene rings is 1. The summed E-state index contributed by atoms with van der Waals surface area (Å²) in [6, 6.07) is 6.96. The van der Waals surface area contributed by atoms with Gasteiger partial charge in [-0.3, -0.25) is 4.98 Å². The molecule has 1 aromatic carbocycles. The lowest BCUT2D eigenvalue weighted by molar-refractivity contribution is -0.184. The fourth-order valence-electron chi connectivity index (χ4n) is 4.31. The first kappa shape index (κ1) is 20.5. The molecule has 0 atom stereocenters. The first-order valence-corrected chi connectivity index (χ1v) is 10.1. The molecule has 30 heavy (non-hydrogen) atoms. The second kappa shape index (κ2) is 8.16. The Morgan fingerprint density at radius 3 is 2.63 bits per heavy atom. The van der Waals surface area contributed by atoms with E-state index in [0.717, 1.165) is 23.4 Å². The highest BCUT2D eigenvalue weighted by Gasteiger charge is 2.41. The van der Waals surface area contributed by atoms with Crippen LogP contribution in [0.25, 0.3) is 0 Å². The average Bonchev–Trinajstić information content (AvgIpc) is 3.15. The normalized spacial score (nSPS) is 21.4. The summed E-state index contributed by atoms with van der Waals surface area (Å²) in [5, 5.41) is 9.16. The van der Waals surface area contributed by atoms with Gasteiger partial charge in [0.2, 0.25) is 0 Å². The molecule has 4 rings (SSSR count). The lowest BCUT2D eigenvalue weighted by Crippen LogP contribution is -2.29. The fourth-order valence-corrected chi connectivity index (χ4v) is 4.31. The van der Waals surface area contributed by atoms with Crippen molar-refractivity contribution in [2.45, 2.75) is 38.3 Å². The summed E-state index contributed by atoms with van der Waals surface area (Å²) in [4.78, 5) is 17.5. The fraction of sp³-hybridized carbons (Fsp3) is 0.455. The maximum atomic E-state index is 12.8. The number of alkyl halides is 3. The van der Waals surface area contributed by atoms with E-state index in [1.165, 1.54) is 0 Å². The number of carboxylic acids is 1. The number of ether oxygens (including phenoxy) is 1. The van der Waals surface area contributed by atoms with Crippen molar-refractivity contribution >= 4 is 17.3 Å². The van der Waals surface area contributed by atoms with E-state index in [-0.39, 0.29) is 24.3 Å². The van der Waals surface area contributed by atoms with Crippen LogP contribution in [0.2, 0.25) is 0 Å². The van der Waals surface area contributed by atoms with Crippen LogP contribution >= 0.6 is 0 Å². The monoisotopic (exact) mass is 420 g/mol. The van der Waals surface area contributed by atoms with E-state index in [1.54, 1.807) is 30.6 Å². The van der Waals surface area contributed by atoms with Gasteiger partial charge in [-0.05, 0) is 61.8 Å². The van der Waals surface area contributed by atoms with Crippen LogP contribution in [0, 0.1) is 11.8 Å². The molecule has 5 nitrogen and oxygen atoms in total. The summed E-state index contributed by atoms with van der Waals surface area (Å²) in [6.07, 6.45) is 1.34. The van der Waals surface area contributed by atoms with Crippen molar-refractivity contribution in [2.75, 3.05) is 18.1 Å². The Balaban J connectivity index is 1.38. The summed E-state index contributed by atoms with van der Waals surface area (Å²) in [7, 11) is 0. The van der Waals surface area contributed by atoms with Gasteiger partial charge in [0.05, 0.1) is 36.2 Å². The molecule has 0 bridgehead atoms. The SMILES string of the molecule is O=C(O)c1ccc2c(c1)CCN2c1cncc(OCC2CCC(C(F)(F)F)CC2)c1. The molecule has 0 radical (unpaired) electrons. The number of anilines is 2. The molecule has 1 aromatic heterocycles. The second-order valence-corrected chi connectivity index (χ2v) is 8.00. The number of aromatic nitrogens is 1. The van der Waals surface area contributed by atoms with Crippen LogP contribution in [0.5, 0.6) is 5.75 Å². The lowest BCUT2D eigenvalue weighted by atomic mass is 9.82. The topological polar surface area (TPSA) is 62.7 Å². The number of carbonyl (C=O) groups is 1. The largest absolute Gasteiger partial charge is 0.492 e. The molecule has 1 saturated carbocycles. The number of rotatable bonds is 5. The van der Waals surface area contributed by atoms with E-state index < -0.39 is 18.1 Å². The maximum Gasteiger partial charge on any atom is 0.391 e. The zero-order valence-electron chi connectivity index (χ0n) is 16.4. The number of aromatic carboxylic acids is 1. The second-order valence-electron chi connectivity index (χ2n) is 8.00. The number of halogens is 3. The molecule has 2 aromatic rings. The van der Waals surface area contributed by atoms with Crippen LogP contribution in [-0.2, 0) is 6.42 Å². The molecular formula is C22H23F3N2O3. The zero-order chi connectivity index (χ0) is 21.3. The van der Waals surface area contributed by atoms with Crippen LogP contribution in [0.15, 0.2) is 36.7 Å². The molecule has 2 heterocycles. The molecule has 8 heteroatoms. The van der Waals surface area contributed by atoms with Gasteiger partial charge in [-0.25, -0.2) is 4.79 Å². The van der Waals surface area contributed by atoms with E-state index in [9.17, 15) is 18.0 Å². The van der Waals surface area contributed by atoms with Gasteiger partial charge in [0.15, 0.2) is 0 Å². The first-order chi connectivity index (χ1) is 14.3. The van der Waals surface area contributed by atoms with Crippen LogP contribution in [0.3, 0.4) is 0 Å². The number of hydrogen-bond donors (Lipinski definition) is 1. The lowest BCUT2D eigenvalue weighted by Gasteiger charge is -2.29. The van der Waals surface area contributed by atoms with E-state index in [4.69, 9.17) is 9.84 Å². The van der Waals surface area contributed by atoms with Gasteiger partial charge < -0.3 is 14.7 Å². The highest BCUT2D eigenvalue weighted by atomic mass is 19.4. The van der Waals surface area contributed by atoms with Crippen molar-refractivity contribution in [1.29, 1.82) is 0 Å². The summed E-state index contributed by atoms with van der Waals surface area (Å²) in [6.45, 7) is 1.10. The predicted molar refractivity (Wildman–Crippen MR) is 105 cm³/mol. The predicted octanol–water partition coefficient (Wildman–Crippen LogP) is 5.22. The number of fused-ring (bicyclic) bond motifs is 1. The molecule has 0 saturated heterocycles. The molecule has 1 aliphatic heterocycles. The Labute approximate surface area is 172 Å². The third-order valence-corrected chi connectivity index (χ3v) is 6.03. The van der Waals surface area contributed by atoms with Crippen LogP contribution in [-0.4, -0.2) is 35.4 Å². The minimum Gasteiger partial charge on any atom is -0.492 e. The standard InChI is InChI=1S/C22H23F3N2O3/c23-22(24,25)17-4-1-14(2-5-17)13-30-19-10-18(11-26-12-19)27-8-7-15-9-16(21(28)29)3-6-20(15)27/h3,6,9-12,14,17H,1-2,4-5,7-8,13H2,(H,28,29). The minimum atomic E-state index is -4.10. The van der Waals surface area contributed by atoms with Crippen molar-refractivity contribution in [3.8, 4) is 5.75 Å². The molecular weight excluding hydrogens is 397 g/mol. The van der Waals surface area contributed by atoms with E-state index in [1.807, 2.05) is 6.07 Å². The Bertz CT molecular complexity index is 924. The molecule has 1 fully saturated rings. The van der Waals surface area contributed by atoms with Crippen LogP contribution in [0.4, 0.5) is 24.5 Å². The van der Waals surface area contributed by atoms with E-state index in [2.05, 4.69) is 9.88 Å². The Hall–Kier alpha value is -2.77. The Kier molecular flexibility index (Phi) is 5.58. The number of hydrogen-bond acceptors (Lipinski definition) is 4. The molecule has 160 valence electrons. The van der Waals surface area contributed by atoms with Crippen molar-refractivity contribution in [2.24, 2.45) is 11.8 Å². The highest BCUT2D eigenvalue weighted by Crippen LogP contribution is 2.40. The third kappa shape index (κ3) is 4.37. The van der Waals surface area contributed by atoms with Crippen LogP contribution in [0.1, 0.15) is 41.6 Å². The number of pyridine rings is 1. The van der Waals surface area contributed by atoms with E-state index >= 15 is 0 Å². The quantitative estimate of drug-likeness (QED) is 0.718. The Morgan fingerprint density at radius 2 is 1.93 bits per heavy atom. The summed E-state index contributed by atoms with van der Waals surface area (Å²) >= 11 is 0. The smallest absolute Gasteiger partial charge is 0.391 e. The minimum absolute atomic E-state index is 0.120. The maximum absolute atomic E-state index is 12.8. The average molecular weight is 420 g/mol. The van der Waals surface area contributed by atoms with Crippen molar-refractivity contribution < 1.29 is 27.8 Å². The van der Waals surface area contributed by atoms with Crippen molar-refractivity contribution in [3.63, 3.8) is 0 Å². The van der Waals surface area contributed by atoms with Gasteiger partial charge in [0.25, 0.3) is 0 Å². The van der Waals surface area contributed by atoms with Gasteiger partial charge in [-0.15, -0.1) is 0 Å². The number of carboxylic acid groups (broad SMARTS) is 1. The van der Waals surface area contributed by atoms with Gasteiger partial charge in [0, 0.05) is 18.3 Å². The van der Waals surface area contributed by atoms with E-state index in [0.29, 0.717) is 31.7 Å². The molecule has 0 unspecified atom stereocenters. The van der Waals surface area contributed by atoms with Crippen molar-refractivity contribution in [1.82, 2.24) is 4.98 Å². The van der Waals surface area contributed by atoms with Gasteiger partial charge in [0.1, 0.15) is 5.75 Å². The first-order valence-electron chi connectivity index (χ1n) is 10.1. The summed E-state index contributed by atoms with van der Waals surface area (Å²) in [5.41, 5.74) is 3.04. The highest BCUT2D eigenvalue weighted by molar-refractivity contribution is 5.89. The van der Waals surface area contributed by atoms with Gasteiger partial charge in [-0.1, -0.05) is 0 Å². The summed E-state index contributed by atoms with van der Waals surface area (Å²) < 4.78 is 44.3. The van der Waals surface area contributed by atoms with Gasteiger partial charge >= 0.3 is 12.1 Å². The molecule has 0 spiro atoms. The van der Waals surface area contributed by atoms with Gasteiger partial charge in [-0.2, -0.15) is 13.2 Å². The zero-order valence-corrected chi connectivity index (χ0v) is 16.4. The molecule has 1 aliphatic carbocycles. The summed E-state index contributed by atoms with van der Waals surface area (Å²) in [5.74, 6) is -1.43. The molecule has 1 N–H and O–H groups in total. The van der Waals surface area contributed by atoms with Crippen LogP contribution < -0.4 is 9.64 Å².